The Labute approximate surface area is 766 Å². The quantitative estimate of drug-likeness (QED) is 0.0410. The molecule has 0 saturated carbocycles. The molecule has 18 aromatic rings. The van der Waals surface area contributed by atoms with Gasteiger partial charge in [0.05, 0.1) is 123 Å². The third kappa shape index (κ3) is 22.4. The van der Waals surface area contributed by atoms with Gasteiger partial charge >= 0.3 is 24.7 Å². The van der Waals surface area contributed by atoms with Crippen LogP contribution in [-0.2, 0) is 24.7 Å². The van der Waals surface area contributed by atoms with Crippen LogP contribution in [0.25, 0.3) is 62.2 Å². The summed E-state index contributed by atoms with van der Waals surface area (Å²) in [6.07, 6.45) is -1.62. The maximum Gasteiger partial charge on any atom is 0.419 e. The van der Waals surface area contributed by atoms with E-state index in [1.165, 1.54) is 107 Å². The first-order valence-electron chi connectivity index (χ1n) is 38.3. The highest BCUT2D eigenvalue weighted by molar-refractivity contribution is 9.10. The summed E-state index contributed by atoms with van der Waals surface area (Å²) in [5.41, 5.74) is 7.43. The Hall–Kier alpha value is -15.1. The summed E-state index contributed by atoms with van der Waals surface area (Å²) in [6.45, 7) is 8.64. The van der Waals surface area contributed by atoms with Gasteiger partial charge in [-0.3, -0.25) is 47.8 Å². The normalized spacial score (nSPS) is 11.6. The lowest BCUT2D eigenvalue weighted by molar-refractivity contribution is -0.140. The molecule has 10 aromatic heterocycles. The zero-order valence-electron chi connectivity index (χ0n) is 68.6. The van der Waals surface area contributed by atoms with Gasteiger partial charge in [0.2, 0.25) is 0 Å². The third-order valence-corrected chi connectivity index (χ3v) is 20.3. The van der Waals surface area contributed by atoms with E-state index in [9.17, 15) is 79.0 Å². The Bertz CT molecular complexity index is 7360. The predicted molar refractivity (Wildman–Crippen MR) is 467 cm³/mol. The number of halogens is 22. The third-order valence-electron chi connectivity index (χ3n) is 18.9. The summed E-state index contributed by atoms with van der Waals surface area (Å²) in [5.74, 6) is 0.261. The van der Waals surface area contributed by atoms with Crippen LogP contribution in [0.4, 0.5) is 142 Å². The number of nitrogens with one attached hydrogen (secondary N) is 5. The smallest absolute Gasteiger partial charge is 0.397 e. The molecule has 0 aliphatic heterocycles. The first kappa shape index (κ1) is 95.0. The van der Waals surface area contributed by atoms with Gasteiger partial charge in [0, 0.05) is 58.9 Å². The number of alkyl halides is 12. The summed E-state index contributed by atoms with van der Waals surface area (Å²) in [7, 11) is 0. The monoisotopic (exact) mass is 1980 g/mol. The van der Waals surface area contributed by atoms with E-state index in [1.54, 1.807) is 60.6 Å². The van der Waals surface area contributed by atoms with E-state index in [2.05, 4.69) is 117 Å². The number of para-hydroxylation sites is 1. The van der Waals surface area contributed by atoms with Crippen molar-refractivity contribution in [2.45, 2.75) is 59.3 Å². The number of rotatable bonds is 15. The molecule has 0 amide bonds. The molecular weight excluding hydrogens is 1930 g/mol. The van der Waals surface area contributed by atoms with Gasteiger partial charge in [0.1, 0.15) is 50.9 Å². The van der Waals surface area contributed by atoms with Crippen molar-refractivity contribution in [2.75, 3.05) is 32.3 Å². The molecule has 0 aliphatic carbocycles. The number of anilines is 11. The molecule has 0 aliphatic rings. The van der Waals surface area contributed by atoms with Crippen molar-refractivity contribution in [1.29, 1.82) is 0 Å². The lowest BCUT2D eigenvalue weighted by Crippen LogP contribution is -2.08. The second kappa shape index (κ2) is 39.1. The number of nitrogen functional groups attached to an aromatic ring is 1. The number of hydrogen-bond acceptors (Lipinski definition) is 21. The number of benzene rings is 8. The van der Waals surface area contributed by atoms with Crippen LogP contribution in [0.3, 0.4) is 0 Å². The largest absolute Gasteiger partial charge is 0.419 e. The molecule has 686 valence electrons. The number of fused-ring (bicyclic) bond motifs is 3. The van der Waals surface area contributed by atoms with Crippen molar-refractivity contribution in [1.82, 2.24) is 97.6 Å². The standard InChI is InChI=1S/C19H11F6N5.C19H15F3N6.C18H11ClF3N5.C15H11BrF3N5.C15H10Cl2F3N5/c1-9-27-15-5-13(21)14(22)6-16(15)30(9)18-8-26-7-17(29-18)28-10-2-3-11(12(20)4-10)19(23,24)25;1-11-25-18-14(23)3-2-4-15(18)28(11)17-10-24-9-16(27-17)26-13-7-5-12(6-8-13)19(20,21)22;1-9-24-15-5-13(21)14(22)6-16(15)27(9)18-8-23-7-17(26-18)25-10-2-3-11(19)12(20)4-10;1-9-21-12(16)8-24(9)14-7-20-6-13(23-14)22-11-4-2-10(3-5-11)15(17,18)19;1-8-22-13(16)14(17)25(8)12-7-21-6-11(24-12)23-10-4-2-9(3-5-10)15(18,19)20/h2-8H,1H3,(H,28,29);2-10H,23H2,1H3,(H,26,27);2-8H,1H3,(H,25,26);2-8H,1H3,(H,22,23);2-7H,1H3,(H,23,24). The molecule has 0 unspecified atom stereocenters. The fourth-order valence-corrected chi connectivity index (χ4v) is 13.9. The number of aromatic nitrogens is 20. The molecule has 0 saturated heterocycles. The van der Waals surface area contributed by atoms with Crippen molar-refractivity contribution >= 4 is 147 Å². The number of hydrogen-bond donors (Lipinski definition) is 6. The zero-order valence-corrected chi connectivity index (χ0v) is 72.5. The number of nitrogens with two attached hydrogens (primary N) is 1. The van der Waals surface area contributed by atoms with Gasteiger partial charge in [-0.25, -0.2) is 76.2 Å². The highest BCUT2D eigenvalue weighted by Crippen LogP contribution is 2.38. The van der Waals surface area contributed by atoms with E-state index in [0.717, 1.165) is 78.1 Å². The molecule has 0 bridgehead atoms. The average Bonchev–Trinajstić information content (AvgIpc) is 1.63. The van der Waals surface area contributed by atoms with Crippen LogP contribution in [-0.4, -0.2) is 97.6 Å². The second-order valence-electron chi connectivity index (χ2n) is 28.2. The molecule has 0 atom stereocenters. The minimum atomic E-state index is -4.81. The first-order valence-corrected chi connectivity index (χ1v) is 40.2. The lowest BCUT2D eigenvalue weighted by atomic mass is 10.2. The highest BCUT2D eigenvalue weighted by atomic mass is 79.9. The molecule has 48 heteroatoms. The van der Waals surface area contributed by atoms with Crippen LogP contribution in [0.2, 0.25) is 15.3 Å². The lowest BCUT2D eigenvalue weighted by Gasteiger charge is -2.11. The average molecular weight is 1980 g/mol. The molecule has 0 radical (unpaired) electrons. The Morgan fingerprint density at radius 1 is 0.321 bits per heavy atom. The van der Waals surface area contributed by atoms with Crippen molar-refractivity contribution in [3.05, 3.63) is 326 Å². The minimum absolute atomic E-state index is 0.00940. The van der Waals surface area contributed by atoms with Crippen LogP contribution >= 0.6 is 50.7 Å². The summed E-state index contributed by atoms with van der Waals surface area (Å²) in [6, 6.07) is 30.1. The Morgan fingerprint density at radius 2 is 0.664 bits per heavy atom. The summed E-state index contributed by atoms with van der Waals surface area (Å²) >= 11 is 20.9. The number of imidazole rings is 5. The van der Waals surface area contributed by atoms with E-state index >= 15 is 0 Å². The van der Waals surface area contributed by atoms with Gasteiger partial charge in [0.25, 0.3) is 0 Å². The van der Waals surface area contributed by atoms with Crippen LogP contribution in [0.1, 0.15) is 51.4 Å². The maximum absolute atomic E-state index is 13.8. The summed E-state index contributed by atoms with van der Waals surface area (Å²) in [4.78, 5) is 63.4. The molecule has 26 nitrogen and oxygen atoms in total. The molecular formula is C86H58BrCl3F18N26. The van der Waals surface area contributed by atoms with E-state index < -0.39 is 81.9 Å². The van der Waals surface area contributed by atoms with E-state index in [-0.39, 0.29) is 43.7 Å². The van der Waals surface area contributed by atoms with Crippen molar-refractivity contribution in [3.63, 3.8) is 0 Å². The first-order chi connectivity index (χ1) is 63.5. The fraction of sp³-hybridized carbons (Fsp3) is 0.105. The predicted octanol–water partition coefficient (Wildman–Crippen LogP) is 24.2. The Kier molecular flexibility index (Phi) is 27.7. The van der Waals surface area contributed by atoms with E-state index in [1.807, 2.05) is 30.5 Å². The fourth-order valence-electron chi connectivity index (χ4n) is 12.9. The van der Waals surface area contributed by atoms with Gasteiger partial charge in [0.15, 0.2) is 91.8 Å². The number of aryl methyl sites for hydroxylation is 5. The zero-order chi connectivity index (χ0) is 96.2. The van der Waals surface area contributed by atoms with Crippen LogP contribution < -0.4 is 32.3 Å². The number of nitrogens with zero attached hydrogens (tertiary/aromatic N) is 20. The van der Waals surface area contributed by atoms with Crippen LogP contribution in [0, 0.1) is 69.5 Å². The molecule has 18 rings (SSSR count). The second-order valence-corrected chi connectivity index (χ2v) is 30.2. The van der Waals surface area contributed by atoms with Crippen molar-refractivity contribution < 1.29 is 79.0 Å². The molecule has 10 heterocycles. The SMILES string of the molecule is Cc1nc(Br)cn1-c1cncc(Nc2ccc(C(F)(F)F)cc2)n1.Cc1nc(Cl)c(Cl)n1-c1cncc(Nc2ccc(C(F)(F)F)cc2)n1.Cc1nc2c(N)cccc2n1-c1cncc(Nc2ccc(C(F)(F)F)cc2)n1.Cc1nc2cc(F)c(F)cc2n1-c1cncc(Nc2ccc(C(F)(F)F)c(F)c2)n1.Cc1nc2cc(F)c(F)cc2n1-c1cncc(Nc2ccc(Cl)c(F)c2)n1. The topological polar surface area (TPSA) is 304 Å². The van der Waals surface area contributed by atoms with Crippen molar-refractivity contribution in [2.24, 2.45) is 0 Å². The molecule has 0 fully saturated rings. The van der Waals surface area contributed by atoms with Gasteiger partial charge in [-0.2, -0.15) is 52.7 Å². The van der Waals surface area contributed by atoms with E-state index in [0.29, 0.717) is 132 Å². The minimum Gasteiger partial charge on any atom is -0.397 e. The van der Waals surface area contributed by atoms with Gasteiger partial charge in [-0.15, -0.1) is 0 Å². The highest BCUT2D eigenvalue weighted by Gasteiger charge is 2.35. The summed E-state index contributed by atoms with van der Waals surface area (Å²) < 4.78 is 242. The van der Waals surface area contributed by atoms with Crippen molar-refractivity contribution in [3.8, 4) is 29.1 Å². The molecule has 0 spiro atoms. The Morgan fingerprint density at radius 3 is 1.03 bits per heavy atom. The molecule has 134 heavy (non-hydrogen) atoms. The summed E-state index contributed by atoms with van der Waals surface area (Å²) in [5, 5.41) is 14.7. The maximum atomic E-state index is 13.8. The van der Waals surface area contributed by atoms with Gasteiger partial charge < -0.3 is 32.3 Å². The van der Waals surface area contributed by atoms with Gasteiger partial charge in [-0.05, 0) is 172 Å². The molecule has 7 N–H and O–H groups in total. The van der Waals surface area contributed by atoms with Crippen LogP contribution in [0.15, 0.2) is 224 Å². The Balaban J connectivity index is 0.000000135. The van der Waals surface area contributed by atoms with E-state index in [4.69, 9.17) is 40.5 Å². The van der Waals surface area contributed by atoms with Gasteiger partial charge in [-0.1, -0.05) is 40.9 Å². The van der Waals surface area contributed by atoms with Crippen LogP contribution in [0.5, 0.6) is 0 Å². The molecule has 8 aromatic carbocycles.